The molecule has 0 amide bonds. The number of hydrogen-bond donors (Lipinski definition) is 1. The molecule has 76 valence electrons. The molecule has 1 atom stereocenters. The van der Waals surface area contributed by atoms with Gasteiger partial charge in [-0.2, -0.15) is 8.75 Å². The van der Waals surface area contributed by atoms with E-state index in [0.717, 1.165) is 25.1 Å². The van der Waals surface area contributed by atoms with Crippen molar-refractivity contribution in [2.75, 3.05) is 13.7 Å². The maximum Gasteiger partial charge on any atom is 0.0955 e. The molecule has 0 saturated heterocycles. The van der Waals surface area contributed by atoms with Crippen molar-refractivity contribution in [2.24, 2.45) is 0 Å². The summed E-state index contributed by atoms with van der Waals surface area (Å²) in [7, 11) is 1.93. The van der Waals surface area contributed by atoms with Gasteiger partial charge in [-0.15, -0.1) is 0 Å². The summed E-state index contributed by atoms with van der Waals surface area (Å²) < 4.78 is 13.6. The third-order valence-electron chi connectivity index (χ3n) is 2.30. The summed E-state index contributed by atoms with van der Waals surface area (Å²) in [5.74, 6) is 0. The first-order chi connectivity index (χ1) is 6.92. The van der Waals surface area contributed by atoms with Gasteiger partial charge in [-0.25, -0.2) is 0 Å². The van der Waals surface area contributed by atoms with Gasteiger partial charge in [0.15, 0.2) is 0 Å². The van der Waals surface area contributed by atoms with E-state index in [0.29, 0.717) is 0 Å². The van der Waals surface area contributed by atoms with Crippen LogP contribution in [0.2, 0.25) is 0 Å². The first-order valence-corrected chi connectivity index (χ1v) is 5.40. The summed E-state index contributed by atoms with van der Waals surface area (Å²) in [4.78, 5) is 0. The first-order valence-electron chi connectivity index (χ1n) is 4.67. The van der Waals surface area contributed by atoms with E-state index in [9.17, 15) is 0 Å². The topological polar surface area (TPSA) is 47.0 Å². The van der Waals surface area contributed by atoms with Gasteiger partial charge >= 0.3 is 0 Å². The Morgan fingerprint density at radius 1 is 1.64 bits per heavy atom. The highest BCUT2D eigenvalue weighted by atomic mass is 32.1. The van der Waals surface area contributed by atoms with Crippen LogP contribution in [0.3, 0.4) is 0 Å². The molecule has 0 bridgehead atoms. The molecule has 5 heteroatoms. The van der Waals surface area contributed by atoms with Crippen LogP contribution in [0.15, 0.2) is 18.0 Å². The molecule has 1 aromatic rings. The number of nitrogens with one attached hydrogen (secondary N) is 1. The molecule has 1 N–H and O–H groups in total. The minimum atomic E-state index is 0.161. The molecular weight excluding hydrogens is 198 g/mol. The highest BCUT2D eigenvalue weighted by Gasteiger charge is 2.19. The van der Waals surface area contributed by atoms with Crippen molar-refractivity contribution in [3.63, 3.8) is 0 Å². The molecule has 2 heterocycles. The Morgan fingerprint density at radius 3 is 3.14 bits per heavy atom. The number of likely N-dealkylation sites (N-methyl/N-ethyl adjacent to an activating group) is 1. The van der Waals surface area contributed by atoms with Crippen LogP contribution in [0.1, 0.15) is 24.6 Å². The Bertz CT molecular complexity index is 310. The quantitative estimate of drug-likeness (QED) is 0.823. The van der Waals surface area contributed by atoms with Crippen molar-refractivity contribution in [1.82, 2.24) is 14.1 Å². The fraction of sp³-hybridized carbons (Fsp3) is 0.556. The molecule has 4 nitrogen and oxygen atoms in total. The zero-order valence-electron chi connectivity index (χ0n) is 8.06. The Morgan fingerprint density at radius 2 is 2.57 bits per heavy atom. The van der Waals surface area contributed by atoms with Crippen LogP contribution in [0, 0.1) is 0 Å². The van der Waals surface area contributed by atoms with Gasteiger partial charge in [0.1, 0.15) is 0 Å². The molecule has 2 rings (SSSR count). The second-order valence-corrected chi connectivity index (χ2v) is 3.78. The smallest absolute Gasteiger partial charge is 0.0955 e. The second-order valence-electron chi connectivity index (χ2n) is 3.22. The molecule has 1 unspecified atom stereocenters. The fourth-order valence-electron chi connectivity index (χ4n) is 1.62. The number of nitrogens with zero attached hydrogens (tertiary/aromatic N) is 2. The molecule has 1 aromatic heterocycles. The van der Waals surface area contributed by atoms with Gasteiger partial charge in [0.2, 0.25) is 0 Å². The van der Waals surface area contributed by atoms with Crippen LogP contribution in [-0.2, 0) is 4.74 Å². The lowest BCUT2D eigenvalue weighted by Gasteiger charge is -2.20. The Kier molecular flexibility index (Phi) is 3.10. The van der Waals surface area contributed by atoms with Gasteiger partial charge in [0.05, 0.1) is 42.5 Å². The largest absolute Gasteiger partial charge is 0.501 e. The summed E-state index contributed by atoms with van der Waals surface area (Å²) in [6.07, 6.45) is 5.82. The Hall–Kier alpha value is -0.940. The third kappa shape index (κ3) is 1.93. The average Bonchev–Trinajstić information content (AvgIpc) is 2.74. The van der Waals surface area contributed by atoms with Crippen LogP contribution in [0.5, 0.6) is 0 Å². The number of aromatic nitrogens is 2. The Balaban J connectivity index is 2.16. The molecule has 0 radical (unpaired) electrons. The molecule has 0 spiro atoms. The minimum absolute atomic E-state index is 0.161. The predicted octanol–water partition coefficient (Wildman–Crippen LogP) is 1.49. The standard InChI is InChI=1S/C9H13N3OS/c1-10-9(8-5-11-14-12-8)7-3-2-4-13-6-7/h5-6,9-10H,2-4H2,1H3. The summed E-state index contributed by atoms with van der Waals surface area (Å²) in [5, 5.41) is 3.23. The van der Waals surface area contributed by atoms with Gasteiger partial charge in [-0.3, -0.25) is 0 Å². The van der Waals surface area contributed by atoms with E-state index in [1.165, 1.54) is 17.3 Å². The molecule has 0 aromatic carbocycles. The van der Waals surface area contributed by atoms with Crippen LogP contribution in [0.4, 0.5) is 0 Å². The van der Waals surface area contributed by atoms with E-state index < -0.39 is 0 Å². The summed E-state index contributed by atoms with van der Waals surface area (Å²) in [6.45, 7) is 0.829. The predicted molar refractivity (Wildman–Crippen MR) is 55.0 cm³/mol. The highest BCUT2D eigenvalue weighted by molar-refractivity contribution is 6.99. The maximum atomic E-state index is 5.32. The van der Waals surface area contributed by atoms with Crippen molar-refractivity contribution in [3.8, 4) is 0 Å². The molecule has 0 saturated carbocycles. The summed E-state index contributed by atoms with van der Waals surface area (Å²) >= 11 is 1.24. The van der Waals surface area contributed by atoms with Crippen LogP contribution in [0.25, 0.3) is 0 Å². The maximum absolute atomic E-state index is 5.32. The molecule has 1 aliphatic heterocycles. The highest BCUT2D eigenvalue weighted by Crippen LogP contribution is 2.26. The second kappa shape index (κ2) is 4.52. The van der Waals surface area contributed by atoms with E-state index in [4.69, 9.17) is 4.74 Å². The van der Waals surface area contributed by atoms with Crippen LogP contribution >= 0.6 is 11.7 Å². The Labute approximate surface area is 87.3 Å². The van der Waals surface area contributed by atoms with E-state index in [1.807, 2.05) is 13.3 Å². The summed E-state index contributed by atoms with van der Waals surface area (Å²) in [6, 6.07) is 0.161. The van der Waals surface area contributed by atoms with Gasteiger partial charge in [-0.05, 0) is 25.5 Å². The minimum Gasteiger partial charge on any atom is -0.501 e. The monoisotopic (exact) mass is 211 g/mol. The lowest BCUT2D eigenvalue weighted by Crippen LogP contribution is -2.21. The molecule has 1 aliphatic rings. The van der Waals surface area contributed by atoms with E-state index in [-0.39, 0.29) is 6.04 Å². The molecule has 0 aliphatic carbocycles. The molecule has 14 heavy (non-hydrogen) atoms. The van der Waals surface area contributed by atoms with Crippen molar-refractivity contribution in [2.45, 2.75) is 18.9 Å². The van der Waals surface area contributed by atoms with E-state index >= 15 is 0 Å². The average molecular weight is 211 g/mol. The van der Waals surface area contributed by atoms with Gasteiger partial charge in [-0.1, -0.05) is 0 Å². The van der Waals surface area contributed by atoms with E-state index in [1.54, 1.807) is 6.20 Å². The number of ether oxygens (including phenoxy) is 1. The van der Waals surface area contributed by atoms with Crippen molar-refractivity contribution >= 4 is 11.7 Å². The van der Waals surface area contributed by atoms with Crippen LogP contribution in [-0.4, -0.2) is 22.4 Å². The molecule has 0 fully saturated rings. The molecular formula is C9H13N3OS. The van der Waals surface area contributed by atoms with Crippen molar-refractivity contribution < 1.29 is 4.74 Å². The van der Waals surface area contributed by atoms with Gasteiger partial charge in [0, 0.05) is 0 Å². The van der Waals surface area contributed by atoms with E-state index in [2.05, 4.69) is 14.1 Å². The third-order valence-corrected chi connectivity index (χ3v) is 2.79. The first kappa shape index (κ1) is 9.61. The van der Waals surface area contributed by atoms with Gasteiger partial charge in [0.25, 0.3) is 0 Å². The zero-order valence-corrected chi connectivity index (χ0v) is 8.88. The number of hydrogen-bond acceptors (Lipinski definition) is 5. The lowest BCUT2D eigenvalue weighted by atomic mass is 10.0. The fourth-order valence-corrected chi connectivity index (χ4v) is 2.07. The van der Waals surface area contributed by atoms with Gasteiger partial charge < -0.3 is 10.1 Å². The zero-order chi connectivity index (χ0) is 9.80. The van der Waals surface area contributed by atoms with Crippen LogP contribution < -0.4 is 5.32 Å². The van der Waals surface area contributed by atoms with Crippen molar-refractivity contribution in [1.29, 1.82) is 0 Å². The normalized spacial score (nSPS) is 18.5. The lowest BCUT2D eigenvalue weighted by molar-refractivity contribution is 0.219. The summed E-state index contributed by atoms with van der Waals surface area (Å²) in [5.41, 5.74) is 2.24. The van der Waals surface area contributed by atoms with Crippen molar-refractivity contribution in [3.05, 3.63) is 23.7 Å². The number of rotatable bonds is 3. The SMILES string of the molecule is CNC(C1=COCCC1)c1cnsn1.